The number of nitrogens with one attached hydrogen (secondary N) is 1. The smallest absolute Gasteiger partial charge is 0.323 e. The van der Waals surface area contributed by atoms with Crippen molar-refractivity contribution in [2.45, 2.75) is 45.1 Å². The molecule has 0 atom stereocenters. The van der Waals surface area contributed by atoms with E-state index in [1.54, 1.807) is 23.2 Å². The summed E-state index contributed by atoms with van der Waals surface area (Å²) in [6, 6.07) is 1.60. The summed E-state index contributed by atoms with van der Waals surface area (Å²) in [5.74, 6) is 0.896. The van der Waals surface area contributed by atoms with Crippen LogP contribution in [-0.4, -0.2) is 38.6 Å². The predicted molar refractivity (Wildman–Crippen MR) is 101 cm³/mol. The maximum absolute atomic E-state index is 12.3. The van der Waals surface area contributed by atoms with Crippen LogP contribution in [-0.2, 0) is 6.54 Å². The molecule has 1 N–H and O–H groups in total. The zero-order chi connectivity index (χ0) is 18.1. The lowest BCUT2D eigenvalue weighted by Crippen LogP contribution is -2.42. The molecule has 0 bridgehead atoms. The van der Waals surface area contributed by atoms with E-state index < -0.39 is 0 Å². The molecular weight excluding hydrogens is 350 g/mol. The first kappa shape index (κ1) is 17.2. The second-order valence-electron chi connectivity index (χ2n) is 7.22. The van der Waals surface area contributed by atoms with Crippen molar-refractivity contribution in [2.75, 3.05) is 18.4 Å². The predicted octanol–water partition coefficient (Wildman–Crippen LogP) is 2.83. The van der Waals surface area contributed by atoms with E-state index in [1.165, 1.54) is 11.3 Å². The molecule has 2 amide bonds. The zero-order valence-electron chi connectivity index (χ0n) is 14.9. The Morgan fingerprint density at radius 1 is 1.27 bits per heavy atom. The van der Waals surface area contributed by atoms with E-state index in [4.69, 9.17) is 0 Å². The molecule has 1 saturated heterocycles. The van der Waals surface area contributed by atoms with Gasteiger partial charge in [0.1, 0.15) is 0 Å². The van der Waals surface area contributed by atoms with Crippen molar-refractivity contribution in [1.82, 2.24) is 19.4 Å². The number of carbonyl (C=O) groups is 1. The van der Waals surface area contributed by atoms with Gasteiger partial charge in [-0.3, -0.25) is 14.7 Å². The molecule has 0 radical (unpaired) electrons. The number of urea groups is 1. The third kappa shape index (κ3) is 3.95. The second kappa shape index (κ2) is 7.19. The van der Waals surface area contributed by atoms with Crippen LogP contribution in [0.5, 0.6) is 0 Å². The molecule has 0 spiro atoms. The highest BCUT2D eigenvalue weighted by atomic mass is 32.1. The minimum atomic E-state index is -0.0922. The molecule has 1 aliphatic carbocycles. The van der Waals surface area contributed by atoms with E-state index in [-0.39, 0.29) is 11.6 Å². The molecule has 8 heteroatoms. The van der Waals surface area contributed by atoms with E-state index in [1.807, 2.05) is 11.8 Å². The summed E-state index contributed by atoms with van der Waals surface area (Å²) >= 11 is 1.48. The van der Waals surface area contributed by atoms with Crippen LogP contribution in [0.15, 0.2) is 23.4 Å². The van der Waals surface area contributed by atoms with Gasteiger partial charge >= 0.3 is 6.03 Å². The molecule has 2 aliphatic rings. The Kier molecular flexibility index (Phi) is 4.76. The van der Waals surface area contributed by atoms with Gasteiger partial charge in [0, 0.05) is 42.7 Å². The van der Waals surface area contributed by atoms with Crippen LogP contribution in [0.1, 0.15) is 42.2 Å². The SMILES string of the molecule is Cc1cnc(NC(=O)N2CCC(Cn3cnc(C4CC4)cc3=O)CC2)s1. The minimum absolute atomic E-state index is 0.0428. The topological polar surface area (TPSA) is 80.1 Å². The quantitative estimate of drug-likeness (QED) is 0.894. The van der Waals surface area contributed by atoms with Crippen LogP contribution in [0.3, 0.4) is 0 Å². The Morgan fingerprint density at radius 3 is 2.65 bits per heavy atom. The van der Waals surface area contributed by atoms with Crippen LogP contribution in [0.4, 0.5) is 9.93 Å². The number of aromatic nitrogens is 3. The molecule has 1 saturated carbocycles. The van der Waals surface area contributed by atoms with Crippen molar-refractivity contribution >= 4 is 22.5 Å². The molecule has 2 fully saturated rings. The Labute approximate surface area is 156 Å². The second-order valence-corrected chi connectivity index (χ2v) is 8.45. The molecule has 7 nitrogen and oxygen atoms in total. The maximum Gasteiger partial charge on any atom is 0.323 e. The lowest BCUT2D eigenvalue weighted by atomic mass is 9.97. The van der Waals surface area contributed by atoms with Gasteiger partial charge < -0.3 is 4.90 Å². The summed E-state index contributed by atoms with van der Waals surface area (Å²) in [5, 5.41) is 3.50. The van der Waals surface area contributed by atoms with Gasteiger partial charge in [-0.2, -0.15) is 0 Å². The van der Waals surface area contributed by atoms with Gasteiger partial charge in [-0.05, 0) is 38.5 Å². The highest BCUT2D eigenvalue weighted by molar-refractivity contribution is 7.15. The lowest BCUT2D eigenvalue weighted by molar-refractivity contribution is 0.176. The largest absolute Gasteiger partial charge is 0.324 e. The van der Waals surface area contributed by atoms with Crippen molar-refractivity contribution in [1.29, 1.82) is 0 Å². The number of aryl methyl sites for hydroxylation is 1. The first-order chi connectivity index (χ1) is 12.6. The number of likely N-dealkylation sites (tertiary alicyclic amines) is 1. The van der Waals surface area contributed by atoms with Gasteiger partial charge in [0.15, 0.2) is 5.13 Å². The van der Waals surface area contributed by atoms with Crippen LogP contribution in [0, 0.1) is 12.8 Å². The molecule has 0 aromatic carbocycles. The average Bonchev–Trinajstić information content (AvgIpc) is 3.40. The van der Waals surface area contributed by atoms with E-state index in [2.05, 4.69) is 15.3 Å². The van der Waals surface area contributed by atoms with Crippen molar-refractivity contribution in [3.8, 4) is 0 Å². The molecule has 2 aromatic heterocycles. The number of rotatable bonds is 4. The van der Waals surface area contributed by atoms with Gasteiger partial charge in [-0.1, -0.05) is 0 Å². The van der Waals surface area contributed by atoms with Crippen LogP contribution < -0.4 is 10.9 Å². The fourth-order valence-electron chi connectivity index (χ4n) is 3.36. The standard InChI is InChI=1S/C18H23N5O2S/c1-12-9-19-17(26-12)21-18(25)22-6-4-13(5-7-22)10-23-11-20-15(8-16(23)24)14-2-3-14/h8-9,11,13-14H,2-7,10H2,1H3,(H,19,21,25). The third-order valence-corrected chi connectivity index (χ3v) is 5.92. The number of nitrogens with zero attached hydrogens (tertiary/aromatic N) is 4. The fourth-order valence-corrected chi connectivity index (χ4v) is 4.01. The van der Waals surface area contributed by atoms with Crippen LogP contribution in [0.2, 0.25) is 0 Å². The first-order valence-electron chi connectivity index (χ1n) is 9.13. The summed E-state index contributed by atoms with van der Waals surface area (Å²) in [7, 11) is 0. The van der Waals surface area contributed by atoms with Gasteiger partial charge in [-0.15, -0.1) is 11.3 Å². The number of amides is 2. The summed E-state index contributed by atoms with van der Waals surface area (Å²) in [5.41, 5.74) is 0.983. The summed E-state index contributed by atoms with van der Waals surface area (Å²) < 4.78 is 1.71. The monoisotopic (exact) mass is 373 g/mol. The van der Waals surface area contributed by atoms with E-state index in [0.29, 0.717) is 36.6 Å². The molecule has 138 valence electrons. The Morgan fingerprint density at radius 2 is 2.04 bits per heavy atom. The number of thiazole rings is 1. The van der Waals surface area contributed by atoms with E-state index in [9.17, 15) is 9.59 Å². The average molecular weight is 373 g/mol. The van der Waals surface area contributed by atoms with Crippen LogP contribution in [0.25, 0.3) is 0 Å². The highest BCUT2D eigenvalue weighted by Crippen LogP contribution is 2.38. The van der Waals surface area contributed by atoms with E-state index >= 15 is 0 Å². The lowest BCUT2D eigenvalue weighted by Gasteiger charge is -2.31. The molecule has 4 rings (SSSR count). The number of hydrogen-bond donors (Lipinski definition) is 1. The fraction of sp³-hybridized carbons (Fsp3) is 0.556. The Bertz CT molecular complexity index is 849. The van der Waals surface area contributed by atoms with Crippen molar-refractivity contribution in [3.05, 3.63) is 39.5 Å². The molecule has 3 heterocycles. The first-order valence-corrected chi connectivity index (χ1v) is 9.95. The maximum atomic E-state index is 12.3. The molecular formula is C18H23N5O2S. The van der Waals surface area contributed by atoms with E-state index in [0.717, 1.165) is 36.3 Å². The highest BCUT2D eigenvalue weighted by Gasteiger charge is 2.26. The number of carbonyl (C=O) groups excluding carboxylic acids is 1. The number of piperidine rings is 1. The van der Waals surface area contributed by atoms with Crippen molar-refractivity contribution in [3.63, 3.8) is 0 Å². The molecule has 26 heavy (non-hydrogen) atoms. The molecule has 1 aliphatic heterocycles. The number of anilines is 1. The number of hydrogen-bond acceptors (Lipinski definition) is 5. The van der Waals surface area contributed by atoms with Gasteiger partial charge in [0.2, 0.25) is 0 Å². The van der Waals surface area contributed by atoms with Crippen molar-refractivity contribution in [2.24, 2.45) is 5.92 Å². The zero-order valence-corrected chi connectivity index (χ0v) is 15.7. The van der Waals surface area contributed by atoms with Gasteiger partial charge in [0.05, 0.1) is 12.0 Å². The van der Waals surface area contributed by atoms with Gasteiger partial charge in [-0.25, -0.2) is 14.8 Å². The van der Waals surface area contributed by atoms with Crippen molar-refractivity contribution < 1.29 is 4.79 Å². The Balaban J connectivity index is 1.29. The summed E-state index contributed by atoms with van der Waals surface area (Å²) in [6.45, 7) is 4.04. The van der Waals surface area contributed by atoms with Gasteiger partial charge in [0.25, 0.3) is 5.56 Å². The molecule has 2 aromatic rings. The summed E-state index contributed by atoms with van der Waals surface area (Å²) in [6.07, 6.45) is 7.53. The normalized spacial score (nSPS) is 18.1. The molecule has 0 unspecified atom stereocenters. The van der Waals surface area contributed by atoms with Crippen LogP contribution >= 0.6 is 11.3 Å². The minimum Gasteiger partial charge on any atom is -0.324 e. The summed E-state index contributed by atoms with van der Waals surface area (Å²) in [4.78, 5) is 36.1. The Hall–Kier alpha value is -2.22. The third-order valence-electron chi connectivity index (χ3n) is 5.09.